The Morgan fingerprint density at radius 1 is 1.00 bits per heavy atom. The summed E-state index contributed by atoms with van der Waals surface area (Å²) in [6.07, 6.45) is 0.831. The number of benzene rings is 2. The smallest absolute Gasteiger partial charge is 0.161 e. The molecule has 0 unspecified atom stereocenters. The Bertz CT molecular complexity index is 573. The van der Waals surface area contributed by atoms with E-state index in [0.717, 1.165) is 23.5 Å². The molecular weight excluding hydrogens is 260 g/mol. The highest BCUT2D eigenvalue weighted by Crippen LogP contribution is 2.35. The molecule has 0 aromatic heterocycles. The fourth-order valence-corrected chi connectivity index (χ4v) is 2.09. The summed E-state index contributed by atoms with van der Waals surface area (Å²) in [7, 11) is 1.66. The van der Waals surface area contributed by atoms with E-state index in [1.807, 2.05) is 24.3 Å². The summed E-state index contributed by atoms with van der Waals surface area (Å²) in [6.45, 7) is 8.93. The van der Waals surface area contributed by atoms with Crippen molar-refractivity contribution >= 4 is 0 Å². The van der Waals surface area contributed by atoms with Gasteiger partial charge in [-0.3, -0.25) is 0 Å². The van der Waals surface area contributed by atoms with Gasteiger partial charge in [-0.25, -0.2) is 0 Å². The first kappa shape index (κ1) is 15.4. The number of hydrogen-bond acceptors (Lipinski definition) is 2. The van der Waals surface area contributed by atoms with E-state index in [9.17, 15) is 0 Å². The van der Waals surface area contributed by atoms with Gasteiger partial charge in [-0.15, -0.1) is 0 Å². The molecule has 1 radical (unpaired) electrons. The molecule has 2 aromatic rings. The monoisotopic (exact) mass is 283 g/mol. The molecule has 21 heavy (non-hydrogen) atoms. The lowest BCUT2D eigenvalue weighted by Gasteiger charge is -2.24. The number of rotatable bonds is 6. The highest BCUT2D eigenvalue weighted by atomic mass is 16.5. The van der Waals surface area contributed by atoms with E-state index >= 15 is 0 Å². The van der Waals surface area contributed by atoms with E-state index in [4.69, 9.17) is 9.47 Å². The third kappa shape index (κ3) is 3.78. The van der Waals surface area contributed by atoms with Gasteiger partial charge in [-0.05, 0) is 35.1 Å². The zero-order valence-electron chi connectivity index (χ0n) is 13.1. The zero-order valence-corrected chi connectivity index (χ0v) is 13.1. The van der Waals surface area contributed by atoms with Crippen molar-refractivity contribution < 1.29 is 9.47 Å². The first-order valence-corrected chi connectivity index (χ1v) is 7.21. The molecule has 0 fully saturated rings. The summed E-state index contributed by atoms with van der Waals surface area (Å²) < 4.78 is 11.3. The minimum atomic E-state index is 0.0249. The van der Waals surface area contributed by atoms with Gasteiger partial charge in [0.15, 0.2) is 11.5 Å². The van der Waals surface area contributed by atoms with Crippen LogP contribution in [0.1, 0.15) is 31.4 Å². The molecule has 2 rings (SSSR count). The summed E-state index contributed by atoms with van der Waals surface area (Å²) in [6, 6.07) is 16.2. The van der Waals surface area contributed by atoms with Crippen molar-refractivity contribution in [3.63, 3.8) is 0 Å². The fourth-order valence-electron chi connectivity index (χ4n) is 2.09. The van der Waals surface area contributed by atoms with Crippen LogP contribution in [0.5, 0.6) is 11.5 Å². The van der Waals surface area contributed by atoms with Crippen LogP contribution in [0.15, 0.2) is 48.5 Å². The molecule has 0 amide bonds. The Labute approximate surface area is 127 Å². The summed E-state index contributed by atoms with van der Waals surface area (Å²) in [5, 5.41) is 0. The van der Waals surface area contributed by atoms with Gasteiger partial charge in [-0.1, -0.05) is 57.2 Å². The van der Waals surface area contributed by atoms with Crippen molar-refractivity contribution in [2.75, 3.05) is 7.11 Å². The maximum Gasteiger partial charge on any atom is 0.161 e. The molecule has 2 heteroatoms. The molecule has 111 valence electrons. The minimum absolute atomic E-state index is 0.0249. The maximum atomic E-state index is 5.95. The zero-order chi connectivity index (χ0) is 15.3. The van der Waals surface area contributed by atoms with Crippen molar-refractivity contribution in [3.05, 3.63) is 66.6 Å². The predicted octanol–water partition coefficient (Wildman–Crippen LogP) is 4.78. The molecule has 0 heterocycles. The van der Waals surface area contributed by atoms with Crippen LogP contribution >= 0.6 is 0 Å². The lowest BCUT2D eigenvalue weighted by atomic mass is 9.82. The average Bonchev–Trinajstić information content (AvgIpc) is 2.53. The summed E-state index contributed by atoms with van der Waals surface area (Å²) in [5.74, 6) is 1.54. The molecule has 0 aliphatic carbocycles. The van der Waals surface area contributed by atoms with Gasteiger partial charge in [0, 0.05) is 0 Å². The number of methoxy groups -OCH3 is 1. The highest BCUT2D eigenvalue weighted by molar-refractivity contribution is 5.45. The van der Waals surface area contributed by atoms with Crippen molar-refractivity contribution in [2.24, 2.45) is 0 Å². The van der Waals surface area contributed by atoms with Gasteiger partial charge in [-0.2, -0.15) is 0 Å². The molecule has 0 atom stereocenters. The molecule has 2 nitrogen and oxygen atoms in total. The Hall–Kier alpha value is -1.96. The van der Waals surface area contributed by atoms with Crippen LogP contribution < -0.4 is 9.47 Å². The van der Waals surface area contributed by atoms with E-state index in [-0.39, 0.29) is 5.41 Å². The second-order valence-corrected chi connectivity index (χ2v) is 5.77. The Kier molecular flexibility index (Phi) is 4.89. The molecule has 0 spiro atoms. The lowest BCUT2D eigenvalue weighted by molar-refractivity contribution is 0.283. The molecule has 0 aliphatic rings. The Balaban J connectivity index is 2.22. The summed E-state index contributed by atoms with van der Waals surface area (Å²) in [5.41, 5.74) is 2.37. The molecule has 2 aromatic carbocycles. The third-order valence-electron chi connectivity index (χ3n) is 3.81. The van der Waals surface area contributed by atoms with E-state index in [1.165, 1.54) is 5.56 Å². The second-order valence-electron chi connectivity index (χ2n) is 5.77. The number of hydrogen-bond donors (Lipinski definition) is 0. The van der Waals surface area contributed by atoms with Gasteiger partial charge in [0.2, 0.25) is 0 Å². The van der Waals surface area contributed by atoms with Gasteiger partial charge < -0.3 is 9.47 Å². The van der Waals surface area contributed by atoms with Crippen LogP contribution in [0.2, 0.25) is 0 Å². The first-order valence-electron chi connectivity index (χ1n) is 7.21. The highest BCUT2D eigenvalue weighted by Gasteiger charge is 2.20. The SMILES string of the molecule is [CH2]CC(C)(C)c1ccc(OC)c(OCc2ccccc2)c1. The molecule has 0 bridgehead atoms. The molecule has 0 saturated carbocycles. The Morgan fingerprint density at radius 3 is 2.33 bits per heavy atom. The maximum absolute atomic E-state index is 5.95. The van der Waals surface area contributed by atoms with Gasteiger partial charge in [0.05, 0.1) is 7.11 Å². The van der Waals surface area contributed by atoms with E-state index in [2.05, 4.69) is 45.0 Å². The largest absolute Gasteiger partial charge is 0.493 e. The molecular formula is C19H23O2. The standard InChI is InChI=1S/C19H23O2/c1-5-19(2,3)16-11-12-17(20-4)18(13-16)21-14-15-9-7-6-8-10-15/h6-13H,1,5,14H2,2-4H3. The minimum Gasteiger partial charge on any atom is -0.493 e. The lowest BCUT2D eigenvalue weighted by Crippen LogP contribution is -2.15. The van der Waals surface area contributed by atoms with Gasteiger partial charge in [0.1, 0.15) is 6.61 Å². The quantitative estimate of drug-likeness (QED) is 0.760. The topological polar surface area (TPSA) is 18.5 Å². The number of ether oxygens (including phenoxy) is 2. The van der Waals surface area contributed by atoms with Gasteiger partial charge in [0.25, 0.3) is 0 Å². The van der Waals surface area contributed by atoms with Crippen LogP contribution in [-0.2, 0) is 12.0 Å². The van der Waals surface area contributed by atoms with Crippen molar-refractivity contribution in [2.45, 2.75) is 32.3 Å². The normalized spacial score (nSPS) is 11.2. The molecule has 0 aliphatic heterocycles. The van der Waals surface area contributed by atoms with E-state index in [1.54, 1.807) is 7.11 Å². The van der Waals surface area contributed by atoms with Crippen molar-refractivity contribution in [3.8, 4) is 11.5 Å². The van der Waals surface area contributed by atoms with Crippen molar-refractivity contribution in [1.82, 2.24) is 0 Å². The molecule has 0 saturated heterocycles. The van der Waals surface area contributed by atoms with Crippen LogP contribution in [0.25, 0.3) is 0 Å². The van der Waals surface area contributed by atoms with E-state index in [0.29, 0.717) is 6.61 Å². The van der Waals surface area contributed by atoms with Crippen LogP contribution in [-0.4, -0.2) is 7.11 Å². The van der Waals surface area contributed by atoms with Crippen LogP contribution in [0.4, 0.5) is 0 Å². The van der Waals surface area contributed by atoms with Crippen LogP contribution in [0.3, 0.4) is 0 Å². The summed E-state index contributed by atoms with van der Waals surface area (Å²) in [4.78, 5) is 0. The van der Waals surface area contributed by atoms with Crippen LogP contribution in [0, 0.1) is 6.92 Å². The predicted molar refractivity (Wildman–Crippen MR) is 86.8 cm³/mol. The summed E-state index contributed by atoms with van der Waals surface area (Å²) >= 11 is 0. The molecule has 0 N–H and O–H groups in total. The van der Waals surface area contributed by atoms with Crippen molar-refractivity contribution in [1.29, 1.82) is 0 Å². The fraction of sp³-hybridized carbons (Fsp3) is 0.316. The Morgan fingerprint density at radius 2 is 1.71 bits per heavy atom. The second kappa shape index (κ2) is 6.66. The average molecular weight is 283 g/mol. The first-order chi connectivity index (χ1) is 10.1. The third-order valence-corrected chi connectivity index (χ3v) is 3.81. The van der Waals surface area contributed by atoms with Gasteiger partial charge >= 0.3 is 0 Å². The van der Waals surface area contributed by atoms with E-state index < -0.39 is 0 Å².